The molecule has 0 aliphatic heterocycles. The summed E-state index contributed by atoms with van der Waals surface area (Å²) in [6.45, 7) is 2.40. The van der Waals surface area contributed by atoms with Crippen molar-refractivity contribution < 1.29 is 9.53 Å². The average molecular weight is 361 g/mol. The molecule has 6 nitrogen and oxygen atoms in total. The van der Waals surface area contributed by atoms with Gasteiger partial charge in [0, 0.05) is 46.5 Å². The second-order valence-corrected chi connectivity index (χ2v) is 7.01. The van der Waals surface area contributed by atoms with Gasteiger partial charge in [0.05, 0.1) is 0 Å². The lowest BCUT2D eigenvalue weighted by Gasteiger charge is -2.30. The predicted molar refractivity (Wildman–Crippen MR) is 105 cm³/mol. The number of carbonyl (C=O) groups excluding carboxylic acids is 1. The maximum absolute atomic E-state index is 11.6. The second-order valence-electron chi connectivity index (χ2n) is 7.01. The van der Waals surface area contributed by atoms with Crippen LogP contribution in [0.2, 0.25) is 0 Å². The van der Waals surface area contributed by atoms with Gasteiger partial charge in [0.25, 0.3) is 5.91 Å². The fraction of sp³-hybridized carbons (Fsp3) is 0.600. The van der Waals surface area contributed by atoms with Crippen molar-refractivity contribution in [3.8, 4) is 0 Å². The maximum Gasteiger partial charge on any atom is 0.251 e. The summed E-state index contributed by atoms with van der Waals surface area (Å²) in [4.78, 5) is 15.9. The quantitative estimate of drug-likeness (QED) is 0.491. The largest absolute Gasteiger partial charge is 0.385 e. The van der Waals surface area contributed by atoms with Crippen LogP contribution in [0.4, 0.5) is 0 Å². The zero-order chi connectivity index (χ0) is 18.8. The summed E-state index contributed by atoms with van der Waals surface area (Å²) in [7, 11) is 5.20. The molecule has 0 heterocycles. The van der Waals surface area contributed by atoms with Gasteiger partial charge >= 0.3 is 0 Å². The molecule has 0 aromatic heterocycles. The van der Waals surface area contributed by atoms with Gasteiger partial charge in [-0.25, -0.2) is 0 Å². The lowest BCUT2D eigenvalue weighted by Crippen LogP contribution is -2.43. The van der Waals surface area contributed by atoms with Gasteiger partial charge in [0.2, 0.25) is 0 Å². The SMILES string of the molecule is CN=C(NCc1ccc(C(=O)NC)cc1)NCC1(CCOC)CCCC1. The number of nitrogens with zero attached hydrogens (tertiary/aromatic N) is 1. The summed E-state index contributed by atoms with van der Waals surface area (Å²) in [5.74, 6) is 0.740. The first-order chi connectivity index (χ1) is 12.6. The van der Waals surface area contributed by atoms with E-state index in [2.05, 4.69) is 20.9 Å². The summed E-state index contributed by atoms with van der Waals surface area (Å²) in [6.07, 6.45) is 6.20. The molecule has 0 bridgehead atoms. The molecule has 1 aliphatic carbocycles. The number of methoxy groups -OCH3 is 1. The predicted octanol–water partition coefficient (Wildman–Crippen LogP) is 2.31. The molecule has 0 saturated heterocycles. The molecule has 0 unspecified atom stereocenters. The van der Waals surface area contributed by atoms with Crippen molar-refractivity contribution in [3.63, 3.8) is 0 Å². The number of hydrogen-bond acceptors (Lipinski definition) is 3. The molecule has 1 aromatic carbocycles. The summed E-state index contributed by atoms with van der Waals surface area (Å²) in [5, 5.41) is 9.47. The Labute approximate surface area is 156 Å². The Bertz CT molecular complexity index is 592. The van der Waals surface area contributed by atoms with Crippen LogP contribution in [0.1, 0.15) is 48.0 Å². The van der Waals surface area contributed by atoms with Crippen LogP contribution < -0.4 is 16.0 Å². The fourth-order valence-electron chi connectivity index (χ4n) is 3.55. The number of rotatable bonds is 8. The van der Waals surface area contributed by atoms with Crippen LogP contribution in [0.5, 0.6) is 0 Å². The molecule has 1 amide bonds. The van der Waals surface area contributed by atoms with E-state index in [0.717, 1.165) is 31.1 Å². The van der Waals surface area contributed by atoms with Crippen LogP contribution in [0.15, 0.2) is 29.3 Å². The average Bonchev–Trinajstić information content (AvgIpc) is 3.15. The monoisotopic (exact) mass is 360 g/mol. The highest BCUT2D eigenvalue weighted by molar-refractivity contribution is 5.93. The first-order valence-corrected chi connectivity index (χ1v) is 9.37. The van der Waals surface area contributed by atoms with Gasteiger partial charge in [-0.05, 0) is 42.4 Å². The van der Waals surface area contributed by atoms with Gasteiger partial charge in [-0.15, -0.1) is 0 Å². The van der Waals surface area contributed by atoms with Gasteiger partial charge in [-0.1, -0.05) is 25.0 Å². The molecule has 3 N–H and O–H groups in total. The maximum atomic E-state index is 11.6. The molecule has 6 heteroatoms. The highest BCUT2D eigenvalue weighted by atomic mass is 16.5. The van der Waals surface area contributed by atoms with E-state index in [9.17, 15) is 4.79 Å². The third-order valence-electron chi connectivity index (χ3n) is 5.26. The molecular weight excluding hydrogens is 328 g/mol. The third-order valence-corrected chi connectivity index (χ3v) is 5.26. The van der Waals surface area contributed by atoms with Gasteiger partial charge in [0.15, 0.2) is 5.96 Å². The molecule has 1 saturated carbocycles. The third kappa shape index (κ3) is 5.73. The molecule has 2 rings (SSSR count). The number of guanidine groups is 1. The molecule has 0 radical (unpaired) electrons. The minimum atomic E-state index is -0.0695. The number of nitrogens with one attached hydrogen (secondary N) is 3. The van der Waals surface area contributed by atoms with E-state index in [4.69, 9.17) is 4.74 Å². The molecule has 26 heavy (non-hydrogen) atoms. The molecule has 0 atom stereocenters. The number of ether oxygens (including phenoxy) is 1. The Morgan fingerprint density at radius 1 is 1.19 bits per heavy atom. The first-order valence-electron chi connectivity index (χ1n) is 9.37. The molecule has 144 valence electrons. The van der Waals surface area contributed by atoms with E-state index in [1.807, 2.05) is 24.3 Å². The van der Waals surface area contributed by atoms with E-state index < -0.39 is 0 Å². The highest BCUT2D eigenvalue weighted by Crippen LogP contribution is 2.40. The minimum absolute atomic E-state index is 0.0695. The van der Waals surface area contributed by atoms with Gasteiger partial charge in [0.1, 0.15) is 0 Å². The summed E-state index contributed by atoms with van der Waals surface area (Å²) in [5.41, 5.74) is 2.10. The van der Waals surface area contributed by atoms with E-state index in [0.29, 0.717) is 17.5 Å². The summed E-state index contributed by atoms with van der Waals surface area (Å²) in [6, 6.07) is 7.60. The van der Waals surface area contributed by atoms with Crippen molar-refractivity contribution in [1.82, 2.24) is 16.0 Å². The van der Waals surface area contributed by atoms with E-state index in [1.165, 1.54) is 25.7 Å². The van der Waals surface area contributed by atoms with Gasteiger partial charge in [-0.2, -0.15) is 0 Å². The summed E-state index contributed by atoms with van der Waals surface area (Å²) >= 11 is 0. The van der Waals surface area contributed by atoms with Crippen molar-refractivity contribution in [2.45, 2.75) is 38.6 Å². The van der Waals surface area contributed by atoms with Crippen LogP contribution in [0, 0.1) is 5.41 Å². The number of amides is 1. The smallest absolute Gasteiger partial charge is 0.251 e. The van der Waals surface area contributed by atoms with Gasteiger partial charge < -0.3 is 20.7 Å². The zero-order valence-electron chi connectivity index (χ0n) is 16.2. The lowest BCUT2D eigenvalue weighted by molar-refractivity contribution is 0.0963. The van der Waals surface area contributed by atoms with Crippen LogP contribution in [-0.2, 0) is 11.3 Å². The van der Waals surface area contributed by atoms with Crippen LogP contribution in [0.25, 0.3) is 0 Å². The first kappa shape index (κ1) is 20.2. The Kier molecular flexibility index (Phi) is 7.91. The Morgan fingerprint density at radius 3 is 2.46 bits per heavy atom. The number of hydrogen-bond donors (Lipinski definition) is 3. The summed E-state index contributed by atoms with van der Waals surface area (Å²) < 4.78 is 5.30. The van der Waals surface area contributed by atoms with Gasteiger partial charge in [-0.3, -0.25) is 9.79 Å². The van der Waals surface area contributed by atoms with Crippen molar-refractivity contribution in [1.29, 1.82) is 0 Å². The molecular formula is C20H32N4O2. The number of benzene rings is 1. The lowest BCUT2D eigenvalue weighted by atomic mass is 9.83. The van der Waals surface area contributed by atoms with Crippen molar-refractivity contribution in [3.05, 3.63) is 35.4 Å². The highest BCUT2D eigenvalue weighted by Gasteiger charge is 2.33. The second kappa shape index (κ2) is 10.2. The van der Waals surface area contributed by atoms with Crippen molar-refractivity contribution in [2.24, 2.45) is 10.4 Å². The number of aliphatic imine (C=N–C) groups is 1. The Hall–Kier alpha value is -2.08. The van der Waals surface area contributed by atoms with E-state index in [-0.39, 0.29) is 5.91 Å². The zero-order valence-corrected chi connectivity index (χ0v) is 16.2. The minimum Gasteiger partial charge on any atom is -0.385 e. The molecule has 1 fully saturated rings. The standard InChI is InChI=1S/C20H32N4O2/c1-21-18(25)17-8-6-16(7-9-17)14-23-19(22-2)24-15-20(12-13-26-3)10-4-5-11-20/h6-9H,4-5,10-15H2,1-3H3,(H,21,25)(H2,22,23,24). The topological polar surface area (TPSA) is 74.8 Å². The van der Waals surface area contributed by atoms with Crippen molar-refractivity contribution in [2.75, 3.05) is 34.4 Å². The molecule has 0 spiro atoms. The molecule has 1 aromatic rings. The van der Waals surface area contributed by atoms with E-state index in [1.54, 1.807) is 21.2 Å². The van der Waals surface area contributed by atoms with Crippen LogP contribution in [-0.4, -0.2) is 46.2 Å². The fourth-order valence-corrected chi connectivity index (χ4v) is 3.55. The normalized spacial score (nSPS) is 16.3. The van der Waals surface area contributed by atoms with Crippen LogP contribution in [0.3, 0.4) is 0 Å². The van der Waals surface area contributed by atoms with Crippen LogP contribution >= 0.6 is 0 Å². The Morgan fingerprint density at radius 2 is 1.88 bits per heavy atom. The molecule has 1 aliphatic rings. The van der Waals surface area contributed by atoms with E-state index >= 15 is 0 Å². The number of carbonyl (C=O) groups is 1. The van der Waals surface area contributed by atoms with Crippen molar-refractivity contribution >= 4 is 11.9 Å². The Balaban J connectivity index is 1.84.